The second kappa shape index (κ2) is 11.8. The fourth-order valence-corrected chi connectivity index (χ4v) is 4.83. The van der Waals surface area contributed by atoms with E-state index < -0.39 is 16.1 Å². The van der Waals surface area contributed by atoms with Gasteiger partial charge in [-0.25, -0.2) is 8.42 Å². The number of amides is 2. The molecule has 7 nitrogen and oxygen atoms in total. The molecule has 0 aliphatic rings. The Kier molecular flexibility index (Phi) is 9.46. The molecular formula is C25H35N3O4S. The van der Waals surface area contributed by atoms with Gasteiger partial charge in [-0.05, 0) is 62.4 Å². The molecule has 33 heavy (non-hydrogen) atoms. The molecule has 1 N–H and O–H groups in total. The molecule has 2 aromatic carbocycles. The van der Waals surface area contributed by atoms with Crippen LogP contribution in [0.3, 0.4) is 0 Å². The Labute approximate surface area is 197 Å². The summed E-state index contributed by atoms with van der Waals surface area (Å²) >= 11 is 0. The van der Waals surface area contributed by atoms with Gasteiger partial charge < -0.3 is 10.2 Å². The first kappa shape index (κ1) is 26.4. The number of likely N-dealkylation sites (N-methyl/N-ethyl adjacent to an activating group) is 1. The predicted octanol–water partition coefficient (Wildman–Crippen LogP) is 3.06. The molecule has 0 spiro atoms. The monoisotopic (exact) mass is 473 g/mol. The van der Waals surface area contributed by atoms with Gasteiger partial charge in [0.15, 0.2) is 0 Å². The van der Waals surface area contributed by atoms with Gasteiger partial charge in [0.2, 0.25) is 21.8 Å². The van der Waals surface area contributed by atoms with Crippen molar-refractivity contribution in [2.45, 2.75) is 46.1 Å². The van der Waals surface area contributed by atoms with E-state index in [-0.39, 0.29) is 24.8 Å². The van der Waals surface area contributed by atoms with Crippen LogP contribution >= 0.6 is 0 Å². The van der Waals surface area contributed by atoms with E-state index in [0.717, 1.165) is 16.7 Å². The number of hydrogen-bond donors (Lipinski definition) is 1. The van der Waals surface area contributed by atoms with Gasteiger partial charge in [0.25, 0.3) is 0 Å². The Bertz CT molecular complexity index is 1030. The Balaban J connectivity index is 2.10. The van der Waals surface area contributed by atoms with Crippen molar-refractivity contribution >= 4 is 27.5 Å². The van der Waals surface area contributed by atoms with Crippen LogP contribution < -0.4 is 9.62 Å². The lowest BCUT2D eigenvalue weighted by Gasteiger charge is -2.29. The van der Waals surface area contributed by atoms with E-state index in [9.17, 15) is 18.0 Å². The molecule has 1 atom stereocenters. The summed E-state index contributed by atoms with van der Waals surface area (Å²) in [6, 6.07) is 14.8. The first-order chi connectivity index (χ1) is 15.5. The fraction of sp³-hybridized carbons (Fsp3) is 0.440. The van der Waals surface area contributed by atoms with Gasteiger partial charge in [-0.1, -0.05) is 36.4 Å². The largest absolute Gasteiger partial charge is 0.357 e. The quantitative estimate of drug-likeness (QED) is 0.543. The lowest BCUT2D eigenvalue weighted by molar-refractivity contribution is -0.139. The van der Waals surface area contributed by atoms with Crippen LogP contribution in [0.5, 0.6) is 0 Å². The van der Waals surface area contributed by atoms with Gasteiger partial charge in [0, 0.05) is 26.6 Å². The number of benzene rings is 2. The molecule has 0 heterocycles. The smallest absolute Gasteiger partial charge is 0.242 e. The standard InChI is InChI=1S/C25H35N3O4S/c1-19-16-20(2)18-23(17-19)28(33(5,31)32)14-9-12-24(29)27(21(3)25(30)26-4)15-13-22-10-7-6-8-11-22/h6-8,10-11,16-18,21H,9,12-15H2,1-5H3,(H,26,30). The van der Waals surface area contributed by atoms with Crippen LogP contribution in [0.1, 0.15) is 36.5 Å². The lowest BCUT2D eigenvalue weighted by atomic mass is 10.1. The van der Waals surface area contributed by atoms with Gasteiger partial charge in [0.05, 0.1) is 11.9 Å². The highest BCUT2D eigenvalue weighted by Gasteiger charge is 2.25. The average molecular weight is 474 g/mol. The number of hydrogen-bond acceptors (Lipinski definition) is 4. The molecule has 0 bridgehead atoms. The molecule has 0 aromatic heterocycles. The first-order valence-corrected chi connectivity index (χ1v) is 13.0. The van der Waals surface area contributed by atoms with E-state index >= 15 is 0 Å². The molecule has 2 rings (SSSR count). The maximum atomic E-state index is 13.1. The molecule has 0 radical (unpaired) electrons. The van der Waals surface area contributed by atoms with Crippen LogP contribution in [0.15, 0.2) is 48.5 Å². The van der Waals surface area contributed by atoms with Crippen LogP contribution in [0.2, 0.25) is 0 Å². The number of sulfonamides is 1. The summed E-state index contributed by atoms with van der Waals surface area (Å²) in [4.78, 5) is 26.9. The van der Waals surface area contributed by atoms with Crippen molar-refractivity contribution in [2.75, 3.05) is 30.7 Å². The molecule has 0 saturated heterocycles. The third-order valence-corrected chi connectivity index (χ3v) is 6.74. The molecule has 0 fully saturated rings. The van der Waals surface area contributed by atoms with Crippen LogP contribution in [-0.2, 0) is 26.0 Å². The van der Waals surface area contributed by atoms with E-state index in [2.05, 4.69) is 5.32 Å². The van der Waals surface area contributed by atoms with Crippen molar-refractivity contribution in [3.8, 4) is 0 Å². The van der Waals surface area contributed by atoms with Crippen molar-refractivity contribution < 1.29 is 18.0 Å². The van der Waals surface area contributed by atoms with Gasteiger partial charge in [-0.3, -0.25) is 13.9 Å². The normalized spacial score (nSPS) is 12.2. The molecule has 2 aromatic rings. The van der Waals surface area contributed by atoms with Gasteiger partial charge in [0.1, 0.15) is 6.04 Å². The summed E-state index contributed by atoms with van der Waals surface area (Å²) in [6.45, 7) is 6.15. The van der Waals surface area contributed by atoms with Gasteiger partial charge in [-0.15, -0.1) is 0 Å². The molecule has 8 heteroatoms. The van der Waals surface area contributed by atoms with Crippen molar-refractivity contribution in [2.24, 2.45) is 0 Å². The van der Waals surface area contributed by atoms with Crippen LogP contribution in [0, 0.1) is 13.8 Å². The molecule has 1 unspecified atom stereocenters. The zero-order chi connectivity index (χ0) is 24.6. The summed E-state index contributed by atoms with van der Waals surface area (Å²) in [5, 5.41) is 2.60. The van der Waals surface area contributed by atoms with Crippen molar-refractivity contribution in [1.82, 2.24) is 10.2 Å². The fourth-order valence-electron chi connectivity index (χ4n) is 3.88. The number of nitrogens with zero attached hydrogens (tertiary/aromatic N) is 2. The lowest BCUT2D eigenvalue weighted by Crippen LogP contribution is -2.48. The maximum absolute atomic E-state index is 13.1. The van der Waals surface area contributed by atoms with Crippen LogP contribution in [0.4, 0.5) is 5.69 Å². The topological polar surface area (TPSA) is 86.8 Å². The number of carbonyl (C=O) groups is 2. The third kappa shape index (κ3) is 7.89. The number of nitrogens with one attached hydrogen (secondary N) is 1. The zero-order valence-electron chi connectivity index (χ0n) is 20.2. The Morgan fingerprint density at radius 2 is 1.61 bits per heavy atom. The molecular weight excluding hydrogens is 438 g/mol. The van der Waals surface area contributed by atoms with E-state index in [0.29, 0.717) is 25.1 Å². The molecule has 2 amide bonds. The van der Waals surface area contributed by atoms with E-state index in [4.69, 9.17) is 0 Å². The Morgan fingerprint density at radius 1 is 1.00 bits per heavy atom. The van der Waals surface area contributed by atoms with E-state index in [1.165, 1.54) is 10.6 Å². The number of aryl methyl sites for hydroxylation is 2. The summed E-state index contributed by atoms with van der Waals surface area (Å²) in [6.07, 6.45) is 2.30. The maximum Gasteiger partial charge on any atom is 0.242 e. The van der Waals surface area contributed by atoms with Gasteiger partial charge in [-0.2, -0.15) is 0 Å². The molecule has 0 saturated carbocycles. The van der Waals surface area contributed by atoms with Crippen LogP contribution in [0.25, 0.3) is 0 Å². The first-order valence-electron chi connectivity index (χ1n) is 11.1. The molecule has 0 aliphatic heterocycles. The minimum Gasteiger partial charge on any atom is -0.357 e. The number of carbonyl (C=O) groups excluding carboxylic acids is 2. The summed E-state index contributed by atoms with van der Waals surface area (Å²) in [5.74, 6) is -0.402. The zero-order valence-corrected chi connectivity index (χ0v) is 21.0. The minimum absolute atomic E-state index is 0.146. The predicted molar refractivity (Wildman–Crippen MR) is 133 cm³/mol. The summed E-state index contributed by atoms with van der Waals surface area (Å²) in [7, 11) is -1.96. The van der Waals surface area contributed by atoms with Gasteiger partial charge >= 0.3 is 0 Å². The van der Waals surface area contributed by atoms with Crippen LogP contribution in [-0.4, -0.2) is 57.6 Å². The van der Waals surface area contributed by atoms with E-state index in [1.54, 1.807) is 18.9 Å². The minimum atomic E-state index is -3.51. The number of anilines is 1. The van der Waals surface area contributed by atoms with E-state index in [1.807, 2.05) is 62.4 Å². The number of rotatable bonds is 11. The second-order valence-electron chi connectivity index (χ2n) is 8.40. The Hall–Kier alpha value is -2.87. The molecule has 180 valence electrons. The summed E-state index contributed by atoms with van der Waals surface area (Å²) in [5.41, 5.74) is 3.63. The highest BCUT2D eigenvalue weighted by Crippen LogP contribution is 2.22. The van der Waals surface area contributed by atoms with Crippen molar-refractivity contribution in [3.05, 3.63) is 65.2 Å². The highest BCUT2D eigenvalue weighted by molar-refractivity contribution is 7.92. The highest BCUT2D eigenvalue weighted by atomic mass is 32.2. The second-order valence-corrected chi connectivity index (χ2v) is 10.3. The Morgan fingerprint density at radius 3 is 2.15 bits per heavy atom. The van der Waals surface area contributed by atoms with Crippen molar-refractivity contribution in [1.29, 1.82) is 0 Å². The third-order valence-electron chi connectivity index (χ3n) is 5.54. The summed E-state index contributed by atoms with van der Waals surface area (Å²) < 4.78 is 26.2. The SMILES string of the molecule is CNC(=O)C(C)N(CCc1ccccc1)C(=O)CCCN(c1cc(C)cc(C)c1)S(C)(=O)=O. The van der Waals surface area contributed by atoms with Crippen molar-refractivity contribution in [3.63, 3.8) is 0 Å². The average Bonchev–Trinajstić information content (AvgIpc) is 2.75. The molecule has 0 aliphatic carbocycles.